The Hall–Kier alpha value is -7.24. The highest BCUT2D eigenvalue weighted by molar-refractivity contribution is 6.10. The summed E-state index contributed by atoms with van der Waals surface area (Å²) in [5, 5.41) is 3.44. The van der Waals surface area contributed by atoms with Gasteiger partial charge in [-0.2, -0.15) is 0 Å². The maximum absolute atomic E-state index is 5.40. The van der Waals surface area contributed by atoms with Crippen molar-refractivity contribution in [2.75, 3.05) is 0 Å². The van der Waals surface area contributed by atoms with Gasteiger partial charge in [-0.25, -0.2) is 19.9 Å². The second-order valence-corrected chi connectivity index (χ2v) is 15.1. The van der Waals surface area contributed by atoms with E-state index in [1.165, 1.54) is 16.7 Å². The van der Waals surface area contributed by atoms with E-state index in [2.05, 4.69) is 158 Å². The van der Waals surface area contributed by atoms with E-state index in [-0.39, 0.29) is 5.41 Å². The highest BCUT2D eigenvalue weighted by atomic mass is 15.2. The fourth-order valence-electron chi connectivity index (χ4n) is 8.66. The molecule has 56 heavy (non-hydrogen) atoms. The zero-order chi connectivity index (χ0) is 37.4. The number of nitrogens with zero attached hydrogens (tertiary/aromatic N) is 5. The molecule has 0 amide bonds. The third kappa shape index (κ3) is 5.01. The van der Waals surface area contributed by atoms with Crippen molar-refractivity contribution in [1.82, 2.24) is 24.5 Å². The molecular weight excluding hydrogens is 683 g/mol. The molecule has 0 fully saturated rings. The minimum absolute atomic E-state index is 0.156. The van der Waals surface area contributed by atoms with Crippen LogP contribution in [0.2, 0.25) is 0 Å². The average Bonchev–Trinajstić information content (AvgIpc) is 3.59. The Morgan fingerprint density at radius 3 is 1.89 bits per heavy atom. The quantitative estimate of drug-likeness (QED) is 0.178. The Kier molecular flexibility index (Phi) is 7.13. The van der Waals surface area contributed by atoms with Crippen LogP contribution in [0.15, 0.2) is 176 Å². The molecule has 0 radical (unpaired) electrons. The summed E-state index contributed by atoms with van der Waals surface area (Å²) in [5.41, 5.74) is 14.7. The summed E-state index contributed by atoms with van der Waals surface area (Å²) in [6.07, 6.45) is 0. The van der Waals surface area contributed by atoms with E-state index in [0.717, 1.165) is 77.6 Å². The maximum Gasteiger partial charge on any atom is 0.235 e. The molecule has 3 heterocycles. The van der Waals surface area contributed by atoms with Crippen molar-refractivity contribution in [3.8, 4) is 62.2 Å². The Balaban J connectivity index is 1.06. The van der Waals surface area contributed by atoms with Crippen LogP contribution < -0.4 is 0 Å². The molecule has 1 aliphatic carbocycles. The minimum atomic E-state index is -0.156. The van der Waals surface area contributed by atoms with Gasteiger partial charge in [0, 0.05) is 43.8 Å². The van der Waals surface area contributed by atoms with Crippen LogP contribution in [0.3, 0.4) is 0 Å². The van der Waals surface area contributed by atoms with Gasteiger partial charge in [-0.3, -0.25) is 4.57 Å². The molecule has 7 aromatic carbocycles. The summed E-state index contributed by atoms with van der Waals surface area (Å²) in [6, 6.07) is 61.8. The van der Waals surface area contributed by atoms with Gasteiger partial charge >= 0.3 is 0 Å². The third-order valence-corrected chi connectivity index (χ3v) is 11.4. The molecule has 10 aromatic rings. The van der Waals surface area contributed by atoms with Crippen LogP contribution in [-0.2, 0) is 5.41 Å². The molecule has 0 saturated heterocycles. The van der Waals surface area contributed by atoms with Crippen LogP contribution in [0.25, 0.3) is 94.9 Å². The fourth-order valence-corrected chi connectivity index (χ4v) is 8.66. The number of benzene rings is 7. The van der Waals surface area contributed by atoms with Gasteiger partial charge in [0.1, 0.15) is 0 Å². The molecule has 0 N–H and O–H groups in total. The molecule has 0 saturated carbocycles. The Morgan fingerprint density at radius 2 is 1.05 bits per heavy atom. The van der Waals surface area contributed by atoms with Gasteiger partial charge in [-0.05, 0) is 58.7 Å². The van der Waals surface area contributed by atoms with Crippen molar-refractivity contribution in [3.05, 3.63) is 187 Å². The molecule has 11 rings (SSSR count). The van der Waals surface area contributed by atoms with Gasteiger partial charge in [-0.15, -0.1) is 0 Å². The second kappa shape index (κ2) is 12.4. The van der Waals surface area contributed by atoms with E-state index in [1.54, 1.807) is 0 Å². The zero-order valence-corrected chi connectivity index (χ0v) is 31.0. The molecule has 3 aromatic heterocycles. The predicted octanol–water partition coefficient (Wildman–Crippen LogP) is 12.5. The van der Waals surface area contributed by atoms with Crippen LogP contribution in [0.1, 0.15) is 25.0 Å². The maximum atomic E-state index is 5.40. The lowest BCUT2D eigenvalue weighted by molar-refractivity contribution is 0.643. The van der Waals surface area contributed by atoms with Crippen molar-refractivity contribution >= 4 is 32.7 Å². The van der Waals surface area contributed by atoms with Gasteiger partial charge in [0.15, 0.2) is 5.82 Å². The lowest BCUT2D eigenvalue weighted by atomic mass is 9.70. The smallest absolute Gasteiger partial charge is 0.235 e. The van der Waals surface area contributed by atoms with Gasteiger partial charge in [0.05, 0.1) is 33.6 Å². The van der Waals surface area contributed by atoms with E-state index in [1.807, 2.05) is 36.4 Å². The zero-order valence-electron chi connectivity index (χ0n) is 31.0. The van der Waals surface area contributed by atoms with Crippen molar-refractivity contribution in [1.29, 1.82) is 0 Å². The lowest BCUT2D eigenvalue weighted by Gasteiger charge is -2.34. The summed E-state index contributed by atoms with van der Waals surface area (Å²) in [6.45, 7) is 4.60. The number of fused-ring (bicyclic) bond motifs is 5. The van der Waals surface area contributed by atoms with Crippen LogP contribution in [-0.4, -0.2) is 24.5 Å². The highest BCUT2D eigenvalue weighted by Gasteiger charge is 2.34. The Bertz CT molecular complexity index is 3100. The summed E-state index contributed by atoms with van der Waals surface area (Å²) < 4.78 is 2.23. The average molecular weight is 718 g/mol. The lowest BCUT2D eigenvalue weighted by Crippen LogP contribution is -2.24. The summed E-state index contributed by atoms with van der Waals surface area (Å²) in [5.74, 6) is 1.38. The first kappa shape index (κ1) is 32.2. The molecule has 0 spiro atoms. The first-order valence-electron chi connectivity index (χ1n) is 19.1. The molecular formula is C51H35N5. The molecule has 5 heteroatoms. The van der Waals surface area contributed by atoms with Crippen molar-refractivity contribution in [2.24, 2.45) is 0 Å². The molecule has 5 nitrogen and oxygen atoms in total. The Labute approximate surface area is 324 Å². The monoisotopic (exact) mass is 717 g/mol. The Morgan fingerprint density at radius 1 is 0.429 bits per heavy atom. The van der Waals surface area contributed by atoms with E-state index < -0.39 is 0 Å². The van der Waals surface area contributed by atoms with Gasteiger partial charge in [-0.1, -0.05) is 153 Å². The molecule has 0 unspecified atom stereocenters. The number of aromatic nitrogens is 5. The van der Waals surface area contributed by atoms with E-state index in [4.69, 9.17) is 19.9 Å². The minimum Gasteiger partial charge on any atom is -0.278 e. The molecule has 264 valence electrons. The topological polar surface area (TPSA) is 56.5 Å². The van der Waals surface area contributed by atoms with E-state index >= 15 is 0 Å². The molecule has 1 aliphatic rings. The van der Waals surface area contributed by atoms with Gasteiger partial charge in [0.25, 0.3) is 0 Å². The van der Waals surface area contributed by atoms with Crippen LogP contribution in [0.4, 0.5) is 0 Å². The van der Waals surface area contributed by atoms with Gasteiger partial charge in [0.2, 0.25) is 5.95 Å². The highest BCUT2D eigenvalue weighted by Crippen LogP contribution is 2.48. The first-order chi connectivity index (χ1) is 27.5. The molecule has 0 aliphatic heterocycles. The van der Waals surface area contributed by atoms with E-state index in [0.29, 0.717) is 11.8 Å². The largest absolute Gasteiger partial charge is 0.278 e. The second-order valence-electron chi connectivity index (χ2n) is 15.1. The first-order valence-corrected chi connectivity index (χ1v) is 19.1. The SMILES string of the molecule is CC1(C)c2ccccc2-c2nc(-n3c4ccccc4c4cc(-c5cccc(-c6cc(-c7ccccc7)nc(-c7ccccc7)n6)c5)ccc43)nc3cccc1c23. The number of rotatable bonds is 5. The standard InChI is InChI=1S/C51H35N5/c1-51(2)40-23-11-9-22-38(40)48-47-41(51)24-14-25-42(47)54-50(55-48)56-45-26-12-10-21-37(45)39-30-35(27-28-46(39)56)34-19-13-20-36(29-34)44-31-43(32-15-5-3-6-16-32)52-49(53-44)33-17-7-4-8-18-33/h3-31H,1-2H3. The number of hydrogen-bond acceptors (Lipinski definition) is 4. The normalized spacial score (nSPS) is 13.0. The van der Waals surface area contributed by atoms with Crippen molar-refractivity contribution in [2.45, 2.75) is 19.3 Å². The van der Waals surface area contributed by atoms with Crippen LogP contribution in [0, 0.1) is 0 Å². The fraction of sp³-hybridized carbons (Fsp3) is 0.0588. The van der Waals surface area contributed by atoms with Crippen LogP contribution >= 0.6 is 0 Å². The summed E-state index contributed by atoms with van der Waals surface area (Å²) >= 11 is 0. The predicted molar refractivity (Wildman–Crippen MR) is 229 cm³/mol. The van der Waals surface area contributed by atoms with Crippen molar-refractivity contribution in [3.63, 3.8) is 0 Å². The summed E-state index contributed by atoms with van der Waals surface area (Å²) in [7, 11) is 0. The third-order valence-electron chi connectivity index (χ3n) is 11.4. The van der Waals surface area contributed by atoms with Gasteiger partial charge < -0.3 is 0 Å². The summed E-state index contributed by atoms with van der Waals surface area (Å²) in [4.78, 5) is 20.8. The van der Waals surface area contributed by atoms with Crippen molar-refractivity contribution < 1.29 is 0 Å². The number of para-hydroxylation sites is 1. The van der Waals surface area contributed by atoms with E-state index in [9.17, 15) is 0 Å². The molecule has 0 bridgehead atoms. The molecule has 0 atom stereocenters. The van der Waals surface area contributed by atoms with Crippen LogP contribution in [0.5, 0.6) is 0 Å². The number of hydrogen-bond donors (Lipinski definition) is 0.